The first-order valence-corrected chi connectivity index (χ1v) is 9.10. The number of benzene rings is 1. The van der Waals surface area contributed by atoms with Crippen LogP contribution in [-0.2, 0) is 4.79 Å². The highest BCUT2D eigenvalue weighted by Crippen LogP contribution is 2.34. The minimum absolute atomic E-state index is 0.0619. The van der Waals surface area contributed by atoms with E-state index in [2.05, 4.69) is 47.7 Å². The van der Waals surface area contributed by atoms with Gasteiger partial charge in [-0.3, -0.25) is 10.1 Å². The van der Waals surface area contributed by atoms with Gasteiger partial charge in [-0.1, -0.05) is 19.1 Å². The minimum atomic E-state index is 0.0619. The Morgan fingerprint density at radius 1 is 1.14 bits per heavy atom. The first-order valence-electron chi connectivity index (χ1n) is 7.87. The van der Waals surface area contributed by atoms with Crippen LogP contribution in [-0.4, -0.2) is 29.6 Å². The Bertz CT molecular complexity index is 494. The number of thioether (sulfide) groups is 1. The first kappa shape index (κ1) is 14.9. The molecule has 0 radical (unpaired) electrons. The molecule has 1 aromatic rings. The number of carbonyl (C=O) groups excluding carboxylic acids is 1. The monoisotopic (exact) mass is 304 g/mol. The van der Waals surface area contributed by atoms with Crippen molar-refractivity contribution in [1.29, 1.82) is 0 Å². The van der Waals surface area contributed by atoms with E-state index in [0.29, 0.717) is 12.6 Å². The minimum Gasteiger partial charge on any atom is -0.319 e. The van der Waals surface area contributed by atoms with Gasteiger partial charge >= 0.3 is 0 Å². The van der Waals surface area contributed by atoms with E-state index >= 15 is 0 Å². The van der Waals surface area contributed by atoms with E-state index < -0.39 is 0 Å². The molecule has 1 atom stereocenters. The van der Waals surface area contributed by atoms with Gasteiger partial charge in [0.1, 0.15) is 6.17 Å². The Morgan fingerprint density at radius 2 is 1.81 bits per heavy atom. The predicted molar refractivity (Wildman–Crippen MR) is 87.2 cm³/mol. The van der Waals surface area contributed by atoms with Gasteiger partial charge in [0.2, 0.25) is 5.91 Å². The summed E-state index contributed by atoms with van der Waals surface area (Å²) in [7, 11) is 0. The van der Waals surface area contributed by atoms with Crippen molar-refractivity contribution in [3.63, 3.8) is 0 Å². The summed E-state index contributed by atoms with van der Waals surface area (Å²) in [5.41, 5.74) is 1.21. The third-order valence-corrected chi connectivity index (χ3v) is 5.57. The molecule has 1 N–H and O–H groups in total. The number of nitrogens with one attached hydrogen (secondary N) is 1. The van der Waals surface area contributed by atoms with E-state index in [0.717, 1.165) is 18.8 Å². The van der Waals surface area contributed by atoms with Crippen molar-refractivity contribution < 1.29 is 4.79 Å². The molecule has 2 aliphatic rings. The number of amides is 1. The molecule has 1 saturated carbocycles. The summed E-state index contributed by atoms with van der Waals surface area (Å²) < 4.78 is 0. The normalized spacial score (nSPS) is 29.9. The maximum absolute atomic E-state index is 12.3. The Hall–Kier alpha value is -1.00. The van der Waals surface area contributed by atoms with Crippen LogP contribution in [0.5, 0.6) is 0 Å². The number of carbonyl (C=O) groups is 1. The Kier molecular flexibility index (Phi) is 4.55. The molecule has 1 saturated heterocycles. The van der Waals surface area contributed by atoms with Crippen molar-refractivity contribution >= 4 is 17.7 Å². The zero-order valence-electron chi connectivity index (χ0n) is 12.8. The van der Waals surface area contributed by atoms with Crippen LogP contribution in [0.2, 0.25) is 0 Å². The van der Waals surface area contributed by atoms with Gasteiger partial charge < -0.3 is 4.90 Å². The van der Waals surface area contributed by atoms with Crippen molar-refractivity contribution in [3.8, 4) is 0 Å². The van der Waals surface area contributed by atoms with E-state index in [1.165, 1.54) is 23.3 Å². The van der Waals surface area contributed by atoms with E-state index in [9.17, 15) is 4.79 Å². The van der Waals surface area contributed by atoms with Crippen LogP contribution < -0.4 is 5.32 Å². The lowest BCUT2D eigenvalue weighted by molar-refractivity contribution is -0.131. The average molecular weight is 304 g/mol. The topological polar surface area (TPSA) is 32.3 Å². The van der Waals surface area contributed by atoms with Crippen molar-refractivity contribution in [2.24, 2.45) is 5.92 Å². The molecule has 1 aromatic carbocycles. The average Bonchev–Trinajstić information content (AvgIpc) is 2.90. The molecule has 0 spiro atoms. The maximum atomic E-state index is 12.3. The molecule has 21 heavy (non-hydrogen) atoms. The molecule has 0 aromatic heterocycles. The predicted octanol–water partition coefficient (Wildman–Crippen LogP) is 3.42. The molecule has 0 bridgehead atoms. The second-order valence-electron chi connectivity index (χ2n) is 6.27. The third-order valence-electron chi connectivity index (χ3n) is 4.82. The van der Waals surface area contributed by atoms with Crippen molar-refractivity contribution in [1.82, 2.24) is 10.2 Å². The molecule has 3 rings (SSSR count). The first-order chi connectivity index (χ1) is 10.2. The lowest BCUT2D eigenvalue weighted by atomic mass is 9.86. The summed E-state index contributed by atoms with van der Waals surface area (Å²) >= 11 is 1.75. The van der Waals surface area contributed by atoms with Gasteiger partial charge in [-0.25, -0.2) is 0 Å². The number of hydrogen-bond acceptors (Lipinski definition) is 3. The summed E-state index contributed by atoms with van der Waals surface area (Å²) in [6.45, 7) is 2.79. The van der Waals surface area contributed by atoms with Crippen molar-refractivity contribution in [2.45, 2.75) is 49.7 Å². The SMILES string of the molecule is CSc1ccc(C2NCC(=O)N2C2CCC(C)CC2)cc1. The highest BCUT2D eigenvalue weighted by atomic mass is 32.2. The number of hydrogen-bond donors (Lipinski definition) is 1. The lowest BCUT2D eigenvalue weighted by Crippen LogP contribution is -2.41. The highest BCUT2D eigenvalue weighted by Gasteiger charge is 2.37. The quantitative estimate of drug-likeness (QED) is 0.869. The fourth-order valence-corrected chi connectivity index (χ4v) is 3.93. The molecular formula is C17H24N2OS. The zero-order valence-corrected chi connectivity index (χ0v) is 13.7. The van der Waals surface area contributed by atoms with Gasteiger partial charge in [0.25, 0.3) is 0 Å². The molecule has 1 amide bonds. The van der Waals surface area contributed by atoms with Crippen molar-refractivity contribution in [2.75, 3.05) is 12.8 Å². The van der Waals surface area contributed by atoms with Gasteiger partial charge in [0.15, 0.2) is 0 Å². The second kappa shape index (κ2) is 6.41. The standard InChI is InChI=1S/C17H24N2OS/c1-12-3-7-14(8-4-12)19-16(20)11-18-17(19)13-5-9-15(21-2)10-6-13/h5-6,9-10,12,14,17-18H,3-4,7-8,11H2,1-2H3. The Labute approximate surface area is 131 Å². The fourth-order valence-electron chi connectivity index (χ4n) is 3.52. The maximum Gasteiger partial charge on any atom is 0.238 e. The molecule has 4 heteroatoms. The van der Waals surface area contributed by atoms with E-state index in [-0.39, 0.29) is 12.1 Å². The fraction of sp³-hybridized carbons (Fsp3) is 0.588. The smallest absolute Gasteiger partial charge is 0.238 e. The highest BCUT2D eigenvalue weighted by molar-refractivity contribution is 7.98. The van der Waals surface area contributed by atoms with Crippen LogP contribution >= 0.6 is 11.8 Å². The zero-order chi connectivity index (χ0) is 14.8. The molecular weight excluding hydrogens is 280 g/mol. The van der Waals surface area contributed by atoms with Crippen LogP contribution in [0.15, 0.2) is 29.2 Å². The summed E-state index contributed by atoms with van der Waals surface area (Å²) in [6, 6.07) is 9.01. The van der Waals surface area contributed by atoms with Gasteiger partial charge in [-0.2, -0.15) is 0 Å². The molecule has 1 unspecified atom stereocenters. The number of rotatable bonds is 3. The Balaban J connectivity index is 1.78. The summed E-state index contributed by atoms with van der Waals surface area (Å²) in [6.07, 6.45) is 6.93. The van der Waals surface area contributed by atoms with Crippen LogP contribution in [0, 0.1) is 5.92 Å². The molecule has 2 fully saturated rings. The summed E-state index contributed by atoms with van der Waals surface area (Å²) in [5, 5.41) is 3.39. The van der Waals surface area contributed by atoms with Crippen LogP contribution in [0.25, 0.3) is 0 Å². The van der Waals surface area contributed by atoms with E-state index in [1.54, 1.807) is 11.8 Å². The molecule has 1 aliphatic carbocycles. The Morgan fingerprint density at radius 3 is 2.43 bits per heavy atom. The van der Waals surface area contributed by atoms with Crippen LogP contribution in [0.3, 0.4) is 0 Å². The summed E-state index contributed by atoms with van der Waals surface area (Å²) in [5.74, 6) is 1.07. The number of nitrogens with zero attached hydrogens (tertiary/aromatic N) is 1. The van der Waals surface area contributed by atoms with E-state index in [4.69, 9.17) is 0 Å². The third kappa shape index (κ3) is 3.11. The van der Waals surface area contributed by atoms with Gasteiger partial charge in [-0.15, -0.1) is 11.8 Å². The van der Waals surface area contributed by atoms with Gasteiger partial charge in [-0.05, 0) is 55.6 Å². The van der Waals surface area contributed by atoms with Gasteiger partial charge in [0, 0.05) is 10.9 Å². The largest absolute Gasteiger partial charge is 0.319 e. The van der Waals surface area contributed by atoms with Crippen LogP contribution in [0.4, 0.5) is 0 Å². The lowest BCUT2D eigenvalue weighted by Gasteiger charge is -2.37. The van der Waals surface area contributed by atoms with E-state index in [1.807, 2.05) is 0 Å². The van der Waals surface area contributed by atoms with Crippen LogP contribution in [0.1, 0.15) is 44.3 Å². The summed E-state index contributed by atoms with van der Waals surface area (Å²) in [4.78, 5) is 15.7. The molecule has 3 nitrogen and oxygen atoms in total. The molecule has 114 valence electrons. The van der Waals surface area contributed by atoms with Gasteiger partial charge in [0.05, 0.1) is 6.54 Å². The second-order valence-corrected chi connectivity index (χ2v) is 7.15. The molecule has 1 heterocycles. The molecule has 1 aliphatic heterocycles. The van der Waals surface area contributed by atoms with Crippen molar-refractivity contribution in [3.05, 3.63) is 29.8 Å².